The Kier molecular flexibility index (Phi) is 2.47. The normalized spacial score (nSPS) is 10.6. The summed E-state index contributed by atoms with van der Waals surface area (Å²) in [5.41, 5.74) is 7.27. The molecule has 6 heteroatoms. The van der Waals surface area contributed by atoms with Crippen molar-refractivity contribution in [2.45, 2.75) is 13.5 Å². The van der Waals surface area contributed by atoms with Crippen LogP contribution in [0.4, 0.5) is 5.82 Å². The van der Waals surface area contributed by atoms with Gasteiger partial charge in [-0.2, -0.15) is 5.10 Å². The molecular formula is C10H13N5O. The van der Waals surface area contributed by atoms with Crippen molar-refractivity contribution in [3.8, 4) is 0 Å². The Hall–Kier alpha value is -2.11. The Morgan fingerprint density at radius 2 is 2.25 bits per heavy atom. The van der Waals surface area contributed by atoms with Gasteiger partial charge in [-0.05, 0) is 13.0 Å². The first-order chi connectivity index (χ1) is 7.59. The molecule has 0 unspecified atom stereocenters. The number of nitrogens with two attached hydrogens (primary N) is 1. The molecule has 0 bridgehead atoms. The average Bonchev–Trinajstić information content (AvgIpc) is 2.48. The van der Waals surface area contributed by atoms with Gasteiger partial charge in [0.05, 0.1) is 12.2 Å². The van der Waals surface area contributed by atoms with Gasteiger partial charge >= 0.3 is 5.69 Å². The van der Waals surface area contributed by atoms with Gasteiger partial charge in [-0.15, -0.1) is 0 Å². The number of nitrogens with zero attached hydrogens (tertiary/aromatic N) is 4. The molecule has 0 aliphatic carbocycles. The van der Waals surface area contributed by atoms with Gasteiger partial charge in [-0.3, -0.25) is 9.25 Å². The molecule has 0 spiro atoms. The van der Waals surface area contributed by atoms with Gasteiger partial charge < -0.3 is 5.73 Å². The van der Waals surface area contributed by atoms with Gasteiger partial charge in [0.2, 0.25) is 0 Å². The fourth-order valence-corrected chi connectivity index (χ4v) is 1.59. The Morgan fingerprint density at radius 3 is 2.81 bits per heavy atom. The highest BCUT2D eigenvalue weighted by atomic mass is 16.1. The molecule has 0 aromatic carbocycles. The SMILES string of the molecule is Cc1nn(C)c(N)c1Cn1cccnc1=O. The van der Waals surface area contributed by atoms with Crippen LogP contribution in [0.25, 0.3) is 0 Å². The zero-order valence-corrected chi connectivity index (χ0v) is 9.21. The van der Waals surface area contributed by atoms with Crippen LogP contribution in [0.2, 0.25) is 0 Å². The summed E-state index contributed by atoms with van der Waals surface area (Å²) >= 11 is 0. The highest BCUT2D eigenvalue weighted by Crippen LogP contribution is 2.15. The number of nitrogen functional groups attached to an aromatic ring is 1. The first-order valence-corrected chi connectivity index (χ1v) is 4.89. The van der Waals surface area contributed by atoms with Crippen molar-refractivity contribution < 1.29 is 0 Å². The molecule has 0 saturated heterocycles. The summed E-state index contributed by atoms with van der Waals surface area (Å²) in [4.78, 5) is 15.1. The number of aryl methyl sites for hydroxylation is 2. The lowest BCUT2D eigenvalue weighted by molar-refractivity contribution is 0.725. The fourth-order valence-electron chi connectivity index (χ4n) is 1.59. The van der Waals surface area contributed by atoms with Crippen LogP contribution in [-0.4, -0.2) is 19.3 Å². The highest BCUT2D eigenvalue weighted by Gasteiger charge is 2.11. The van der Waals surface area contributed by atoms with Crippen LogP contribution in [0.15, 0.2) is 23.3 Å². The Labute approximate surface area is 92.3 Å². The average molecular weight is 219 g/mol. The maximum absolute atomic E-state index is 11.4. The minimum absolute atomic E-state index is 0.287. The van der Waals surface area contributed by atoms with Crippen molar-refractivity contribution in [2.24, 2.45) is 7.05 Å². The summed E-state index contributed by atoms with van der Waals surface area (Å²) < 4.78 is 3.10. The molecule has 0 radical (unpaired) electrons. The summed E-state index contributed by atoms with van der Waals surface area (Å²) in [5, 5.41) is 4.19. The second-order valence-corrected chi connectivity index (χ2v) is 3.60. The third kappa shape index (κ3) is 1.69. The quantitative estimate of drug-likeness (QED) is 0.766. The van der Waals surface area contributed by atoms with Crippen LogP contribution in [0.3, 0.4) is 0 Å². The molecule has 2 aromatic rings. The lowest BCUT2D eigenvalue weighted by atomic mass is 10.2. The van der Waals surface area contributed by atoms with Crippen molar-refractivity contribution in [3.63, 3.8) is 0 Å². The predicted molar refractivity (Wildman–Crippen MR) is 60.0 cm³/mol. The molecule has 0 saturated carbocycles. The van der Waals surface area contributed by atoms with Crippen LogP contribution in [0.1, 0.15) is 11.3 Å². The van der Waals surface area contributed by atoms with Crippen LogP contribution in [-0.2, 0) is 13.6 Å². The topological polar surface area (TPSA) is 78.7 Å². The first-order valence-electron chi connectivity index (χ1n) is 4.89. The minimum atomic E-state index is -0.287. The van der Waals surface area contributed by atoms with Gasteiger partial charge in [-0.25, -0.2) is 9.78 Å². The van der Waals surface area contributed by atoms with E-state index in [1.54, 1.807) is 24.0 Å². The molecule has 0 fully saturated rings. The van der Waals surface area contributed by atoms with E-state index in [9.17, 15) is 4.79 Å². The van der Waals surface area contributed by atoms with Crippen molar-refractivity contribution in [1.29, 1.82) is 0 Å². The number of anilines is 1. The molecular weight excluding hydrogens is 206 g/mol. The molecule has 2 N–H and O–H groups in total. The van der Waals surface area contributed by atoms with E-state index in [4.69, 9.17) is 5.73 Å². The first kappa shape index (κ1) is 10.4. The Balaban J connectivity index is 2.42. The van der Waals surface area contributed by atoms with Gasteiger partial charge in [0.1, 0.15) is 5.82 Å². The van der Waals surface area contributed by atoms with E-state index in [0.29, 0.717) is 12.4 Å². The second-order valence-electron chi connectivity index (χ2n) is 3.60. The zero-order chi connectivity index (χ0) is 11.7. The highest BCUT2D eigenvalue weighted by molar-refractivity contribution is 5.42. The maximum Gasteiger partial charge on any atom is 0.347 e. The molecule has 84 valence electrons. The number of hydrogen-bond donors (Lipinski definition) is 1. The second kappa shape index (κ2) is 3.80. The lowest BCUT2D eigenvalue weighted by Gasteiger charge is -2.04. The summed E-state index contributed by atoms with van der Waals surface area (Å²) in [6, 6.07) is 1.71. The zero-order valence-electron chi connectivity index (χ0n) is 9.21. The number of hydrogen-bond acceptors (Lipinski definition) is 4. The molecule has 0 aliphatic heterocycles. The maximum atomic E-state index is 11.4. The number of rotatable bonds is 2. The molecule has 6 nitrogen and oxygen atoms in total. The molecule has 2 aromatic heterocycles. The van der Waals surface area contributed by atoms with Gasteiger partial charge in [0.15, 0.2) is 0 Å². The number of aromatic nitrogens is 4. The third-order valence-corrected chi connectivity index (χ3v) is 2.51. The van der Waals surface area contributed by atoms with Crippen LogP contribution in [0, 0.1) is 6.92 Å². The summed E-state index contributed by atoms with van der Waals surface area (Å²) in [5.74, 6) is 0.577. The lowest BCUT2D eigenvalue weighted by Crippen LogP contribution is -2.22. The molecule has 2 heterocycles. The summed E-state index contributed by atoms with van der Waals surface area (Å²) in [6.07, 6.45) is 3.15. The Morgan fingerprint density at radius 1 is 1.50 bits per heavy atom. The Bertz CT molecular complexity index is 569. The van der Waals surface area contributed by atoms with Gasteiger partial charge in [0, 0.05) is 25.0 Å². The van der Waals surface area contributed by atoms with E-state index in [0.717, 1.165) is 11.3 Å². The van der Waals surface area contributed by atoms with E-state index in [2.05, 4.69) is 10.1 Å². The molecule has 0 aliphatic rings. The molecule has 16 heavy (non-hydrogen) atoms. The van der Waals surface area contributed by atoms with Gasteiger partial charge in [0.25, 0.3) is 0 Å². The molecule has 2 rings (SSSR count). The van der Waals surface area contributed by atoms with Crippen molar-refractivity contribution in [2.75, 3.05) is 5.73 Å². The van der Waals surface area contributed by atoms with Gasteiger partial charge in [-0.1, -0.05) is 0 Å². The van der Waals surface area contributed by atoms with E-state index in [1.165, 1.54) is 10.8 Å². The smallest absolute Gasteiger partial charge is 0.347 e. The van der Waals surface area contributed by atoms with Crippen molar-refractivity contribution >= 4 is 5.82 Å². The standard InChI is InChI=1S/C10H13N5O/c1-7-8(9(11)14(2)13-7)6-15-5-3-4-12-10(15)16/h3-5H,6,11H2,1-2H3. The fraction of sp³-hybridized carbons (Fsp3) is 0.300. The van der Waals surface area contributed by atoms with Crippen molar-refractivity contribution in [3.05, 3.63) is 40.2 Å². The van der Waals surface area contributed by atoms with E-state index in [-0.39, 0.29) is 5.69 Å². The van der Waals surface area contributed by atoms with Crippen LogP contribution >= 0.6 is 0 Å². The largest absolute Gasteiger partial charge is 0.384 e. The summed E-state index contributed by atoms with van der Waals surface area (Å²) in [6.45, 7) is 2.27. The van der Waals surface area contributed by atoms with Crippen LogP contribution < -0.4 is 11.4 Å². The molecule has 0 atom stereocenters. The van der Waals surface area contributed by atoms with E-state index >= 15 is 0 Å². The van der Waals surface area contributed by atoms with Crippen LogP contribution in [0.5, 0.6) is 0 Å². The van der Waals surface area contributed by atoms with E-state index in [1.807, 2.05) is 6.92 Å². The minimum Gasteiger partial charge on any atom is -0.384 e. The third-order valence-electron chi connectivity index (χ3n) is 2.51. The van der Waals surface area contributed by atoms with Crippen molar-refractivity contribution in [1.82, 2.24) is 19.3 Å². The molecule has 0 amide bonds. The predicted octanol–water partition coefficient (Wildman–Crippen LogP) is -0.0843. The van der Waals surface area contributed by atoms with E-state index < -0.39 is 0 Å². The monoisotopic (exact) mass is 219 g/mol. The summed E-state index contributed by atoms with van der Waals surface area (Å²) in [7, 11) is 1.78.